The summed E-state index contributed by atoms with van der Waals surface area (Å²) in [5, 5.41) is 24.5. The van der Waals surface area contributed by atoms with Gasteiger partial charge in [-0.2, -0.15) is 4.98 Å². The van der Waals surface area contributed by atoms with Crippen molar-refractivity contribution < 1.29 is 23.8 Å². The molecule has 2 aliphatic heterocycles. The number of benzene rings is 2. The van der Waals surface area contributed by atoms with Gasteiger partial charge in [-0.25, -0.2) is 13.6 Å². The van der Waals surface area contributed by atoms with E-state index in [9.17, 15) is 19.8 Å². The number of nitrogens with one attached hydrogen (secondary N) is 1. The summed E-state index contributed by atoms with van der Waals surface area (Å²) in [5.74, 6) is -3.60. The van der Waals surface area contributed by atoms with E-state index in [1.54, 1.807) is 24.1 Å². The van der Waals surface area contributed by atoms with Gasteiger partial charge in [-0.1, -0.05) is 26.5 Å². The van der Waals surface area contributed by atoms with Crippen molar-refractivity contribution in [2.24, 2.45) is 0 Å². The third-order valence-corrected chi connectivity index (χ3v) is 8.41. The molecule has 10 nitrogen and oxygen atoms in total. The molecular weight excluding hydrogens is 570 g/mol. The number of amides is 1. The van der Waals surface area contributed by atoms with Crippen molar-refractivity contribution in [2.45, 2.75) is 39.2 Å². The van der Waals surface area contributed by atoms with E-state index in [1.807, 2.05) is 18.7 Å². The van der Waals surface area contributed by atoms with Gasteiger partial charge in [-0.3, -0.25) is 14.3 Å². The highest BCUT2D eigenvalue weighted by molar-refractivity contribution is 6.05. The largest absolute Gasteiger partial charge is 0.507 e. The summed E-state index contributed by atoms with van der Waals surface area (Å²) in [5.41, 5.74) is -0.886. The van der Waals surface area contributed by atoms with Gasteiger partial charge in [0.1, 0.15) is 22.8 Å². The van der Waals surface area contributed by atoms with Crippen LogP contribution in [-0.2, 0) is 4.79 Å². The SMILES string of the molecule is C=CC(=O)N1CCN2c3nc(=O)n(-c4c(C)ccnc4C(C)C)c4c(F)c(-c5c(O)cccc5O)c(F)c(c34)NCCC2C1. The van der Waals surface area contributed by atoms with Crippen LogP contribution < -0.4 is 15.9 Å². The molecule has 1 fully saturated rings. The molecule has 0 aliphatic carbocycles. The lowest BCUT2D eigenvalue weighted by Gasteiger charge is -2.43. The quantitative estimate of drug-likeness (QED) is 0.290. The second-order valence-corrected chi connectivity index (χ2v) is 11.4. The fourth-order valence-electron chi connectivity index (χ4n) is 6.34. The summed E-state index contributed by atoms with van der Waals surface area (Å²) >= 11 is 0. The van der Waals surface area contributed by atoms with Crippen molar-refractivity contribution in [3.05, 3.63) is 76.5 Å². The van der Waals surface area contributed by atoms with Gasteiger partial charge in [0.2, 0.25) is 5.91 Å². The van der Waals surface area contributed by atoms with Crippen LogP contribution in [0.4, 0.5) is 20.3 Å². The molecule has 1 saturated heterocycles. The molecule has 2 aromatic heterocycles. The first-order chi connectivity index (χ1) is 21.0. The number of phenolic OH excluding ortho intramolecular Hbond substituents is 2. The molecule has 0 radical (unpaired) electrons. The van der Waals surface area contributed by atoms with Crippen LogP contribution >= 0.6 is 0 Å². The first kappa shape index (κ1) is 29.1. The Labute approximate surface area is 251 Å². The van der Waals surface area contributed by atoms with Gasteiger partial charge in [0, 0.05) is 38.4 Å². The van der Waals surface area contributed by atoms with Crippen LogP contribution in [-0.4, -0.2) is 67.8 Å². The molecule has 2 aliphatic rings. The molecule has 12 heteroatoms. The minimum atomic E-state index is -1.16. The Kier molecular flexibility index (Phi) is 7.22. The van der Waals surface area contributed by atoms with Gasteiger partial charge in [-0.15, -0.1) is 0 Å². The maximum Gasteiger partial charge on any atom is 0.354 e. The molecule has 0 spiro atoms. The topological polar surface area (TPSA) is 124 Å². The van der Waals surface area contributed by atoms with Crippen molar-refractivity contribution in [3.63, 3.8) is 0 Å². The second kappa shape index (κ2) is 10.9. The number of carbonyl (C=O) groups excluding carboxylic acids is 1. The Morgan fingerprint density at radius 2 is 1.86 bits per heavy atom. The van der Waals surface area contributed by atoms with Crippen LogP contribution in [0.2, 0.25) is 0 Å². The Morgan fingerprint density at radius 1 is 1.14 bits per heavy atom. The summed E-state index contributed by atoms with van der Waals surface area (Å²) in [6.45, 7) is 10.2. The Morgan fingerprint density at radius 3 is 2.55 bits per heavy atom. The second-order valence-electron chi connectivity index (χ2n) is 11.4. The number of hydrogen-bond donors (Lipinski definition) is 3. The van der Waals surface area contributed by atoms with E-state index >= 15 is 8.78 Å². The Bertz CT molecular complexity index is 1890. The molecule has 0 bridgehead atoms. The molecule has 4 heterocycles. The molecule has 2 aromatic carbocycles. The first-order valence-electron chi connectivity index (χ1n) is 14.4. The van der Waals surface area contributed by atoms with E-state index < -0.39 is 40.0 Å². The molecule has 3 N–H and O–H groups in total. The van der Waals surface area contributed by atoms with Gasteiger partial charge in [0.25, 0.3) is 0 Å². The van der Waals surface area contributed by atoms with Crippen molar-refractivity contribution in [2.75, 3.05) is 36.4 Å². The molecule has 0 saturated carbocycles. The highest BCUT2D eigenvalue weighted by Gasteiger charge is 2.37. The van der Waals surface area contributed by atoms with Gasteiger partial charge in [0.15, 0.2) is 11.6 Å². The number of aromatic hydroxyl groups is 2. The van der Waals surface area contributed by atoms with Crippen molar-refractivity contribution in [1.82, 2.24) is 19.4 Å². The number of anilines is 2. The summed E-state index contributed by atoms with van der Waals surface area (Å²) in [6.07, 6.45) is 3.29. The standard InChI is InChI=1S/C32H32F2N6O4/c1-5-21(43)38-13-14-39-18(15-38)10-12-36-28-24-30(26(34)23(25(28)33)22-19(41)7-6-8-20(22)42)40(32(44)37-31(24)39)29-17(4)9-11-35-27(29)16(2)3/h5-9,11,16,18,36,41-42H,1,10,12-15H2,2-4H3. The van der Waals surface area contributed by atoms with Crippen LogP contribution in [0.3, 0.4) is 0 Å². The van der Waals surface area contributed by atoms with Crippen LogP contribution in [0, 0.1) is 18.6 Å². The minimum absolute atomic E-state index is 0.0319. The predicted molar refractivity (Wildman–Crippen MR) is 164 cm³/mol. The molecule has 1 unspecified atom stereocenters. The van der Waals surface area contributed by atoms with Crippen molar-refractivity contribution >= 4 is 28.3 Å². The number of nitrogens with zero attached hydrogens (tertiary/aromatic N) is 5. The summed E-state index contributed by atoms with van der Waals surface area (Å²) in [7, 11) is 0. The number of aryl methyl sites for hydroxylation is 1. The molecule has 44 heavy (non-hydrogen) atoms. The molecular formula is C32H32F2N6O4. The third-order valence-electron chi connectivity index (χ3n) is 8.41. The van der Waals surface area contributed by atoms with Crippen LogP contribution in [0.5, 0.6) is 11.5 Å². The minimum Gasteiger partial charge on any atom is -0.507 e. The third kappa shape index (κ3) is 4.43. The predicted octanol–water partition coefficient (Wildman–Crippen LogP) is 4.59. The average Bonchev–Trinajstić information content (AvgIpc) is 2.98. The maximum atomic E-state index is 17.2. The van der Waals surface area contributed by atoms with Gasteiger partial charge in [0.05, 0.1) is 33.6 Å². The zero-order valence-corrected chi connectivity index (χ0v) is 24.6. The smallest absolute Gasteiger partial charge is 0.354 e. The first-order valence-corrected chi connectivity index (χ1v) is 14.4. The molecule has 6 rings (SSSR count). The molecule has 1 atom stereocenters. The lowest BCUT2D eigenvalue weighted by molar-refractivity contribution is -0.126. The maximum absolute atomic E-state index is 17.2. The van der Waals surface area contributed by atoms with E-state index in [4.69, 9.17) is 0 Å². The van der Waals surface area contributed by atoms with E-state index in [2.05, 4.69) is 21.9 Å². The van der Waals surface area contributed by atoms with Crippen molar-refractivity contribution in [1.29, 1.82) is 0 Å². The number of aromatic nitrogens is 3. The number of rotatable bonds is 4. The number of phenols is 2. The fraction of sp³-hybridized carbons (Fsp3) is 0.312. The van der Waals surface area contributed by atoms with Gasteiger partial charge >= 0.3 is 5.69 Å². The number of piperazine rings is 1. The number of fused-ring (bicyclic) bond motifs is 2. The average molecular weight is 603 g/mol. The number of pyridine rings is 1. The number of halogens is 2. The summed E-state index contributed by atoms with van der Waals surface area (Å²) < 4.78 is 35.0. The highest BCUT2D eigenvalue weighted by Crippen LogP contribution is 2.47. The van der Waals surface area contributed by atoms with Crippen LogP contribution in [0.25, 0.3) is 27.7 Å². The van der Waals surface area contributed by atoms with E-state index in [-0.39, 0.29) is 53.4 Å². The summed E-state index contributed by atoms with van der Waals surface area (Å²) in [6, 6.07) is 5.18. The van der Waals surface area contributed by atoms with Crippen LogP contribution in [0.15, 0.2) is 47.9 Å². The highest BCUT2D eigenvalue weighted by atomic mass is 19.1. The lowest BCUT2D eigenvalue weighted by atomic mass is 9.96. The van der Waals surface area contributed by atoms with Crippen LogP contribution in [0.1, 0.15) is 37.4 Å². The van der Waals surface area contributed by atoms with Gasteiger partial charge in [-0.05, 0) is 49.1 Å². The number of carbonyl (C=O) groups is 1. The molecule has 4 aromatic rings. The number of hydrogen-bond acceptors (Lipinski definition) is 8. The van der Waals surface area contributed by atoms with E-state index in [0.717, 1.165) is 4.57 Å². The Balaban J connectivity index is 1.77. The zero-order valence-electron chi connectivity index (χ0n) is 24.6. The zero-order chi connectivity index (χ0) is 31.4. The lowest BCUT2D eigenvalue weighted by Crippen LogP contribution is -2.56. The van der Waals surface area contributed by atoms with Gasteiger partial charge < -0.3 is 25.3 Å². The summed E-state index contributed by atoms with van der Waals surface area (Å²) in [4.78, 5) is 39.0. The monoisotopic (exact) mass is 602 g/mol. The molecule has 228 valence electrons. The molecule has 1 amide bonds. The van der Waals surface area contributed by atoms with E-state index in [0.29, 0.717) is 36.5 Å². The normalized spacial score (nSPS) is 16.4. The van der Waals surface area contributed by atoms with Crippen molar-refractivity contribution in [3.8, 4) is 28.3 Å². The Hall–Kier alpha value is -5.00. The fourth-order valence-corrected chi connectivity index (χ4v) is 6.34. The van der Waals surface area contributed by atoms with E-state index in [1.165, 1.54) is 24.3 Å².